The summed E-state index contributed by atoms with van der Waals surface area (Å²) in [5.41, 5.74) is -0.571. The van der Waals surface area contributed by atoms with Crippen LogP contribution in [0.1, 0.15) is 5.56 Å². The van der Waals surface area contributed by atoms with Gasteiger partial charge in [0.1, 0.15) is 0 Å². The van der Waals surface area contributed by atoms with Crippen LogP contribution in [0.3, 0.4) is 0 Å². The van der Waals surface area contributed by atoms with Gasteiger partial charge in [-0.25, -0.2) is 9.37 Å². The second-order valence-corrected chi connectivity index (χ2v) is 3.79. The van der Waals surface area contributed by atoms with Gasteiger partial charge in [-0.1, -0.05) is 0 Å². The number of nitro groups is 1. The molecule has 0 atom stereocenters. The van der Waals surface area contributed by atoms with Crippen LogP contribution in [0.2, 0.25) is 0 Å². The lowest BCUT2D eigenvalue weighted by molar-refractivity contribution is -0.384. The van der Waals surface area contributed by atoms with Gasteiger partial charge in [-0.15, -0.1) is 0 Å². The van der Waals surface area contributed by atoms with Gasteiger partial charge in [0.05, 0.1) is 23.0 Å². The van der Waals surface area contributed by atoms with E-state index < -0.39 is 16.4 Å². The first-order valence-corrected chi connectivity index (χ1v) is 5.32. The highest BCUT2D eigenvalue weighted by Crippen LogP contribution is 2.29. The van der Waals surface area contributed by atoms with E-state index in [-0.39, 0.29) is 11.4 Å². The number of pyridine rings is 1. The Hall–Kier alpha value is -2.51. The van der Waals surface area contributed by atoms with E-state index in [1.165, 1.54) is 25.7 Å². The van der Waals surface area contributed by atoms with E-state index in [2.05, 4.69) is 15.3 Å². The molecule has 0 saturated carbocycles. The van der Waals surface area contributed by atoms with Gasteiger partial charge in [-0.05, 0) is 12.3 Å². The van der Waals surface area contributed by atoms with Crippen molar-refractivity contribution in [3.63, 3.8) is 0 Å². The number of halogens is 1. The molecule has 0 aliphatic carbocycles. The highest BCUT2D eigenvalue weighted by Gasteiger charge is 2.23. The van der Waals surface area contributed by atoms with Crippen LogP contribution in [-0.2, 0) is 0 Å². The lowest BCUT2D eigenvalue weighted by Crippen LogP contribution is -2.06. The van der Waals surface area contributed by atoms with Crippen molar-refractivity contribution in [1.82, 2.24) is 9.88 Å². The largest absolute Gasteiger partial charge is 0.383 e. The number of nitrogens with zero attached hydrogens (tertiary/aromatic N) is 4. The first kappa shape index (κ1) is 14.6. The van der Waals surface area contributed by atoms with Gasteiger partial charge in [0.25, 0.3) is 0 Å². The molecule has 1 N–H and O–H groups in total. The van der Waals surface area contributed by atoms with Gasteiger partial charge in [0.15, 0.2) is 5.82 Å². The first-order valence-electron chi connectivity index (χ1n) is 5.32. The molecular formula is C11H14FN5O2. The molecule has 0 aliphatic rings. The van der Waals surface area contributed by atoms with Gasteiger partial charge in [0, 0.05) is 21.1 Å². The van der Waals surface area contributed by atoms with Crippen LogP contribution < -0.4 is 5.32 Å². The summed E-state index contributed by atoms with van der Waals surface area (Å²) in [6.45, 7) is 0. The maximum absolute atomic E-state index is 13.7. The number of rotatable bonds is 5. The predicted octanol–water partition coefficient (Wildman–Crippen LogP) is 1.73. The molecule has 0 fully saturated rings. The van der Waals surface area contributed by atoms with Crippen LogP contribution in [0.4, 0.5) is 15.9 Å². The Morgan fingerprint density at radius 2 is 2.26 bits per heavy atom. The fraction of sp³-hybridized carbons (Fsp3) is 0.273. The van der Waals surface area contributed by atoms with Crippen molar-refractivity contribution in [1.29, 1.82) is 0 Å². The normalized spacial score (nSPS) is 11.2. The van der Waals surface area contributed by atoms with Crippen LogP contribution in [-0.4, -0.2) is 42.3 Å². The lowest BCUT2D eigenvalue weighted by atomic mass is 10.2. The quantitative estimate of drug-likeness (QED) is 0.380. The number of anilines is 1. The Morgan fingerprint density at radius 1 is 1.58 bits per heavy atom. The Labute approximate surface area is 109 Å². The number of aromatic nitrogens is 1. The van der Waals surface area contributed by atoms with Crippen LogP contribution in [0, 0.1) is 15.9 Å². The summed E-state index contributed by atoms with van der Waals surface area (Å²) < 4.78 is 13.7. The molecule has 7 nitrogen and oxygen atoms in total. The maximum atomic E-state index is 13.7. The standard InChI is InChI=1S/C11H14FN5O2/c1-13-7-15-11-10(17(18)19)8(4-5-16(2)3)9(12)6-14-11/h4-7H,1-3H3,(H,13,14,15)/b5-4+. The van der Waals surface area contributed by atoms with Crippen molar-refractivity contribution >= 4 is 23.9 Å². The van der Waals surface area contributed by atoms with Crippen molar-refractivity contribution in [3.8, 4) is 0 Å². The van der Waals surface area contributed by atoms with Gasteiger partial charge in [0.2, 0.25) is 5.82 Å². The minimum absolute atomic E-state index is 0.0598. The summed E-state index contributed by atoms with van der Waals surface area (Å²) in [7, 11) is 4.95. The predicted molar refractivity (Wildman–Crippen MR) is 71.6 cm³/mol. The molecule has 0 unspecified atom stereocenters. The molecule has 1 aromatic rings. The zero-order valence-electron chi connectivity index (χ0n) is 10.8. The summed E-state index contributed by atoms with van der Waals surface area (Å²) in [6, 6.07) is 0. The van der Waals surface area contributed by atoms with E-state index in [0.29, 0.717) is 0 Å². The molecule has 1 rings (SSSR count). The Balaban J connectivity index is 3.37. The van der Waals surface area contributed by atoms with Crippen molar-refractivity contribution in [3.05, 3.63) is 33.9 Å². The third kappa shape index (κ3) is 3.73. The molecule has 0 amide bonds. The van der Waals surface area contributed by atoms with Crippen molar-refractivity contribution in [2.75, 3.05) is 26.5 Å². The van der Waals surface area contributed by atoms with Crippen LogP contribution in [0.5, 0.6) is 0 Å². The topological polar surface area (TPSA) is 83.7 Å². The molecule has 0 radical (unpaired) electrons. The van der Waals surface area contributed by atoms with Gasteiger partial charge in [-0.3, -0.25) is 15.1 Å². The summed E-state index contributed by atoms with van der Waals surface area (Å²) >= 11 is 0. The van der Waals surface area contributed by atoms with E-state index in [1.807, 2.05) is 0 Å². The Kier molecular flexibility index (Phi) is 4.92. The van der Waals surface area contributed by atoms with Gasteiger partial charge < -0.3 is 10.2 Å². The zero-order valence-corrected chi connectivity index (χ0v) is 10.8. The van der Waals surface area contributed by atoms with Crippen LogP contribution >= 0.6 is 0 Å². The number of aliphatic imine (C=N–C) groups is 1. The van der Waals surface area contributed by atoms with Gasteiger partial charge in [-0.2, -0.15) is 0 Å². The minimum atomic E-state index is -0.760. The summed E-state index contributed by atoms with van der Waals surface area (Å²) in [5, 5.41) is 13.6. The number of nitrogens with one attached hydrogen (secondary N) is 1. The molecule has 0 saturated heterocycles. The molecule has 0 spiro atoms. The summed E-state index contributed by atoms with van der Waals surface area (Å²) in [5.74, 6) is -0.820. The fourth-order valence-corrected chi connectivity index (χ4v) is 1.29. The van der Waals surface area contributed by atoms with Gasteiger partial charge >= 0.3 is 5.69 Å². The molecule has 0 aromatic carbocycles. The molecule has 8 heteroatoms. The zero-order chi connectivity index (χ0) is 14.4. The van der Waals surface area contributed by atoms with E-state index >= 15 is 0 Å². The van der Waals surface area contributed by atoms with Crippen LogP contribution in [0.25, 0.3) is 6.08 Å². The van der Waals surface area contributed by atoms with E-state index in [1.54, 1.807) is 19.0 Å². The number of hydrogen-bond acceptors (Lipinski definition) is 5. The molecule has 0 aliphatic heterocycles. The van der Waals surface area contributed by atoms with E-state index in [4.69, 9.17) is 0 Å². The van der Waals surface area contributed by atoms with Crippen molar-refractivity contribution in [2.24, 2.45) is 4.99 Å². The molecular weight excluding hydrogens is 253 g/mol. The maximum Gasteiger partial charge on any atom is 0.321 e. The summed E-state index contributed by atoms with van der Waals surface area (Å²) in [6.07, 6.45) is 5.01. The highest BCUT2D eigenvalue weighted by molar-refractivity contribution is 5.81. The molecule has 1 heterocycles. The summed E-state index contributed by atoms with van der Waals surface area (Å²) in [4.78, 5) is 19.3. The minimum Gasteiger partial charge on any atom is -0.383 e. The molecule has 102 valence electrons. The molecule has 1 aromatic heterocycles. The molecule has 19 heavy (non-hydrogen) atoms. The molecule has 0 bridgehead atoms. The first-order chi connectivity index (χ1) is 8.97. The second-order valence-electron chi connectivity index (χ2n) is 3.79. The third-order valence-corrected chi connectivity index (χ3v) is 2.10. The average Bonchev–Trinajstić information content (AvgIpc) is 2.34. The van der Waals surface area contributed by atoms with Crippen LogP contribution in [0.15, 0.2) is 17.4 Å². The third-order valence-electron chi connectivity index (χ3n) is 2.10. The van der Waals surface area contributed by atoms with Crippen molar-refractivity contribution in [2.45, 2.75) is 0 Å². The average molecular weight is 267 g/mol. The highest BCUT2D eigenvalue weighted by atomic mass is 19.1. The lowest BCUT2D eigenvalue weighted by Gasteiger charge is -2.07. The monoisotopic (exact) mass is 267 g/mol. The van der Waals surface area contributed by atoms with E-state index in [0.717, 1.165) is 6.20 Å². The van der Waals surface area contributed by atoms with E-state index in [9.17, 15) is 14.5 Å². The number of hydrogen-bond donors (Lipinski definition) is 1. The fourth-order valence-electron chi connectivity index (χ4n) is 1.29. The smallest absolute Gasteiger partial charge is 0.321 e. The van der Waals surface area contributed by atoms with Crippen molar-refractivity contribution < 1.29 is 9.31 Å². The SMILES string of the molecule is CN=CNc1ncc(F)c(/C=C/N(C)C)c1[N+](=O)[O-]. The Morgan fingerprint density at radius 3 is 2.79 bits per heavy atom. The Bertz CT molecular complexity index is 528. The second kappa shape index (κ2) is 6.43.